The first kappa shape index (κ1) is 17.4. The Labute approximate surface area is 143 Å². The predicted molar refractivity (Wildman–Crippen MR) is 90.6 cm³/mol. The molecule has 1 aliphatic carbocycles. The Morgan fingerprint density at radius 3 is 2.88 bits per heavy atom. The predicted octanol–water partition coefficient (Wildman–Crippen LogP) is 1.63. The van der Waals surface area contributed by atoms with E-state index < -0.39 is 0 Å². The van der Waals surface area contributed by atoms with E-state index in [1.54, 1.807) is 0 Å². The van der Waals surface area contributed by atoms with E-state index in [1.165, 1.54) is 5.56 Å². The second-order valence-electron chi connectivity index (χ2n) is 6.68. The molecule has 1 N–H and O–H groups in total. The van der Waals surface area contributed by atoms with Gasteiger partial charge in [-0.05, 0) is 24.8 Å². The fourth-order valence-electron chi connectivity index (χ4n) is 3.78. The van der Waals surface area contributed by atoms with E-state index in [2.05, 4.69) is 12.1 Å². The van der Waals surface area contributed by atoms with Gasteiger partial charge in [-0.25, -0.2) is 0 Å². The highest BCUT2D eigenvalue weighted by Gasteiger charge is 2.39. The molecule has 1 saturated carbocycles. The van der Waals surface area contributed by atoms with Crippen LogP contribution in [-0.2, 0) is 20.7 Å². The summed E-state index contributed by atoms with van der Waals surface area (Å²) in [5.41, 5.74) is 1.21. The molecule has 1 aliphatic heterocycles. The smallest absolute Gasteiger partial charge is 0.248 e. The lowest BCUT2D eigenvalue weighted by atomic mass is 9.94. The molecule has 1 heterocycles. The van der Waals surface area contributed by atoms with Crippen molar-refractivity contribution >= 4 is 5.91 Å². The van der Waals surface area contributed by atoms with Crippen LogP contribution in [0.25, 0.3) is 0 Å². The molecule has 0 radical (unpaired) electrons. The summed E-state index contributed by atoms with van der Waals surface area (Å²) < 4.78 is 11.2. The molecule has 0 bridgehead atoms. The Morgan fingerprint density at radius 2 is 2.12 bits per heavy atom. The van der Waals surface area contributed by atoms with Gasteiger partial charge in [0.1, 0.15) is 6.61 Å². The van der Waals surface area contributed by atoms with E-state index in [9.17, 15) is 9.90 Å². The average molecular weight is 333 g/mol. The zero-order valence-electron chi connectivity index (χ0n) is 14.1. The van der Waals surface area contributed by atoms with Crippen molar-refractivity contribution in [3.63, 3.8) is 0 Å². The number of hydrogen-bond donors (Lipinski definition) is 1. The molecule has 2 fully saturated rings. The number of aliphatic hydroxyl groups excluding tert-OH is 1. The van der Waals surface area contributed by atoms with Gasteiger partial charge in [-0.1, -0.05) is 36.8 Å². The molecule has 5 heteroatoms. The molecule has 3 rings (SSSR count). The second-order valence-corrected chi connectivity index (χ2v) is 6.68. The number of amides is 1. The molecule has 3 atom stereocenters. The third kappa shape index (κ3) is 4.35. The SMILES string of the molecule is O=C(COCCc1ccccc1)N1CCOC[C@@H]1[C@@H]1CCC[C@H]1O. The Morgan fingerprint density at radius 1 is 1.29 bits per heavy atom. The highest BCUT2D eigenvalue weighted by atomic mass is 16.5. The number of rotatable bonds is 6. The van der Waals surface area contributed by atoms with Crippen molar-refractivity contribution in [2.75, 3.05) is 33.0 Å². The standard InChI is InChI=1S/C19H27NO4/c21-18-8-4-7-16(18)17-13-24-12-10-20(17)19(22)14-23-11-9-15-5-2-1-3-6-15/h1-3,5-6,16-18,21H,4,7-14H2/t16-,17+,18+/m0/s1. The van der Waals surface area contributed by atoms with Crippen molar-refractivity contribution < 1.29 is 19.4 Å². The maximum absolute atomic E-state index is 12.5. The number of carbonyl (C=O) groups is 1. The van der Waals surface area contributed by atoms with Gasteiger partial charge in [-0.3, -0.25) is 4.79 Å². The summed E-state index contributed by atoms with van der Waals surface area (Å²) in [6.07, 6.45) is 3.32. The van der Waals surface area contributed by atoms with Crippen LogP contribution in [0.2, 0.25) is 0 Å². The summed E-state index contributed by atoms with van der Waals surface area (Å²) in [5, 5.41) is 10.2. The van der Waals surface area contributed by atoms with Crippen LogP contribution in [-0.4, -0.2) is 61.0 Å². The van der Waals surface area contributed by atoms with E-state index in [0.717, 1.165) is 25.7 Å². The van der Waals surface area contributed by atoms with Crippen molar-refractivity contribution in [1.82, 2.24) is 4.90 Å². The van der Waals surface area contributed by atoms with Gasteiger partial charge in [0.05, 0.1) is 32.0 Å². The Hall–Kier alpha value is -1.43. The van der Waals surface area contributed by atoms with Gasteiger partial charge in [0, 0.05) is 12.5 Å². The van der Waals surface area contributed by atoms with Crippen molar-refractivity contribution in [3.05, 3.63) is 35.9 Å². The van der Waals surface area contributed by atoms with E-state index in [-0.39, 0.29) is 30.6 Å². The molecule has 1 aromatic rings. The lowest BCUT2D eigenvalue weighted by molar-refractivity contribution is -0.148. The summed E-state index contributed by atoms with van der Waals surface area (Å²) in [6.45, 7) is 2.32. The van der Waals surface area contributed by atoms with Crippen molar-refractivity contribution in [1.29, 1.82) is 0 Å². The van der Waals surface area contributed by atoms with Gasteiger partial charge in [-0.15, -0.1) is 0 Å². The Kier molecular flexibility index (Phi) is 6.24. The number of carbonyl (C=O) groups excluding carboxylic acids is 1. The summed E-state index contributed by atoms with van der Waals surface area (Å²) in [4.78, 5) is 14.4. The molecule has 1 aromatic carbocycles. The zero-order valence-corrected chi connectivity index (χ0v) is 14.1. The molecule has 0 aromatic heterocycles. The Balaban J connectivity index is 1.47. The maximum Gasteiger partial charge on any atom is 0.248 e. The highest BCUT2D eigenvalue weighted by molar-refractivity contribution is 5.78. The van der Waals surface area contributed by atoms with Gasteiger partial charge >= 0.3 is 0 Å². The molecule has 5 nitrogen and oxygen atoms in total. The van der Waals surface area contributed by atoms with Crippen LogP contribution in [0.1, 0.15) is 24.8 Å². The maximum atomic E-state index is 12.5. The molecule has 24 heavy (non-hydrogen) atoms. The van der Waals surface area contributed by atoms with Crippen molar-refractivity contribution in [2.24, 2.45) is 5.92 Å². The topological polar surface area (TPSA) is 59.0 Å². The van der Waals surface area contributed by atoms with Crippen molar-refractivity contribution in [3.8, 4) is 0 Å². The van der Waals surface area contributed by atoms with Crippen LogP contribution in [0, 0.1) is 5.92 Å². The van der Waals surface area contributed by atoms with Gasteiger partial charge < -0.3 is 19.5 Å². The molecule has 1 saturated heterocycles. The third-order valence-corrected chi connectivity index (χ3v) is 5.12. The molecular formula is C19H27NO4. The van der Waals surface area contributed by atoms with Crippen LogP contribution in [0.4, 0.5) is 0 Å². The summed E-state index contributed by atoms with van der Waals surface area (Å²) in [6, 6.07) is 10.1. The van der Waals surface area contributed by atoms with Crippen LogP contribution in [0.3, 0.4) is 0 Å². The minimum Gasteiger partial charge on any atom is -0.393 e. The number of ether oxygens (including phenoxy) is 2. The van der Waals surface area contributed by atoms with E-state index in [0.29, 0.717) is 26.4 Å². The first-order valence-electron chi connectivity index (χ1n) is 8.92. The van der Waals surface area contributed by atoms with Gasteiger partial charge in [0.2, 0.25) is 5.91 Å². The minimum atomic E-state index is -0.314. The molecular weight excluding hydrogens is 306 g/mol. The fraction of sp³-hybridized carbons (Fsp3) is 0.632. The average Bonchev–Trinajstić information content (AvgIpc) is 3.05. The number of morpholine rings is 1. The van der Waals surface area contributed by atoms with Crippen molar-refractivity contribution in [2.45, 2.75) is 37.8 Å². The normalized spacial score (nSPS) is 27.4. The van der Waals surface area contributed by atoms with Crippen LogP contribution < -0.4 is 0 Å². The van der Waals surface area contributed by atoms with Crippen LogP contribution in [0.15, 0.2) is 30.3 Å². The monoisotopic (exact) mass is 333 g/mol. The van der Waals surface area contributed by atoms with Crippen LogP contribution in [0.5, 0.6) is 0 Å². The first-order chi connectivity index (χ1) is 11.8. The summed E-state index contributed by atoms with van der Waals surface area (Å²) in [7, 11) is 0. The number of aliphatic hydroxyl groups is 1. The van der Waals surface area contributed by atoms with Gasteiger partial charge in [0.25, 0.3) is 0 Å². The largest absolute Gasteiger partial charge is 0.393 e. The lowest BCUT2D eigenvalue weighted by Crippen LogP contribution is -2.54. The second kappa shape index (κ2) is 8.60. The fourth-order valence-corrected chi connectivity index (χ4v) is 3.78. The first-order valence-corrected chi connectivity index (χ1v) is 8.92. The lowest BCUT2D eigenvalue weighted by Gasteiger charge is -2.40. The van der Waals surface area contributed by atoms with Gasteiger partial charge in [-0.2, -0.15) is 0 Å². The molecule has 2 aliphatic rings. The van der Waals surface area contributed by atoms with Gasteiger partial charge in [0.15, 0.2) is 0 Å². The summed E-state index contributed by atoms with van der Waals surface area (Å²) in [5.74, 6) is 0.147. The van der Waals surface area contributed by atoms with E-state index >= 15 is 0 Å². The minimum absolute atomic E-state index is 0.00969. The number of benzene rings is 1. The molecule has 0 unspecified atom stereocenters. The highest BCUT2D eigenvalue weighted by Crippen LogP contribution is 2.32. The zero-order chi connectivity index (χ0) is 16.8. The number of hydrogen-bond acceptors (Lipinski definition) is 4. The number of nitrogens with zero attached hydrogens (tertiary/aromatic N) is 1. The molecule has 1 amide bonds. The van der Waals surface area contributed by atoms with Crippen LogP contribution >= 0.6 is 0 Å². The molecule has 0 spiro atoms. The Bertz CT molecular complexity index is 521. The van der Waals surface area contributed by atoms with E-state index in [1.807, 2.05) is 23.1 Å². The third-order valence-electron chi connectivity index (χ3n) is 5.12. The van der Waals surface area contributed by atoms with E-state index in [4.69, 9.17) is 9.47 Å². The molecule has 132 valence electrons. The summed E-state index contributed by atoms with van der Waals surface area (Å²) >= 11 is 0. The quantitative estimate of drug-likeness (QED) is 0.804.